The van der Waals surface area contributed by atoms with E-state index in [9.17, 15) is 18.8 Å². The summed E-state index contributed by atoms with van der Waals surface area (Å²) in [5, 5.41) is 0.107. The third kappa shape index (κ3) is 3.08. The van der Waals surface area contributed by atoms with E-state index in [-0.39, 0.29) is 23.4 Å². The molecule has 2 heterocycles. The standard InChI is InChI=1S/C20H16FN3O3/c21-13-6-7-17-15(10-13)19(26)16(11-22-17)20(27)23-8-9-24(18(25)12-23)14-4-2-1-3-5-14/h1-7,10-11H,8-9,12H2,(H,22,26). The van der Waals surface area contributed by atoms with Gasteiger partial charge in [-0.05, 0) is 30.3 Å². The molecule has 4 rings (SSSR count). The predicted octanol–water partition coefficient (Wildman–Crippen LogP) is 2.16. The molecule has 7 heteroatoms. The van der Waals surface area contributed by atoms with E-state index < -0.39 is 17.2 Å². The smallest absolute Gasteiger partial charge is 0.259 e. The average molecular weight is 365 g/mol. The molecule has 1 saturated heterocycles. The van der Waals surface area contributed by atoms with Crippen LogP contribution in [0, 0.1) is 5.82 Å². The van der Waals surface area contributed by atoms with Gasteiger partial charge in [-0.1, -0.05) is 18.2 Å². The minimum atomic E-state index is -0.552. The number of rotatable bonds is 2. The number of H-pyrrole nitrogens is 1. The van der Waals surface area contributed by atoms with E-state index in [1.165, 1.54) is 23.2 Å². The first-order valence-corrected chi connectivity index (χ1v) is 8.50. The van der Waals surface area contributed by atoms with Crippen LogP contribution < -0.4 is 10.3 Å². The lowest BCUT2D eigenvalue weighted by Gasteiger charge is -2.34. The molecule has 0 unspecified atom stereocenters. The van der Waals surface area contributed by atoms with Gasteiger partial charge in [-0.25, -0.2) is 4.39 Å². The van der Waals surface area contributed by atoms with Crippen molar-refractivity contribution in [3.63, 3.8) is 0 Å². The van der Waals surface area contributed by atoms with Gasteiger partial charge in [-0.15, -0.1) is 0 Å². The van der Waals surface area contributed by atoms with Crippen molar-refractivity contribution in [1.82, 2.24) is 9.88 Å². The molecule has 1 aromatic heterocycles. The van der Waals surface area contributed by atoms with Crippen LogP contribution >= 0.6 is 0 Å². The molecule has 1 aliphatic rings. The van der Waals surface area contributed by atoms with Crippen LogP contribution in [0.1, 0.15) is 10.4 Å². The Hall–Kier alpha value is -3.48. The molecule has 1 N–H and O–H groups in total. The van der Waals surface area contributed by atoms with Gasteiger partial charge in [-0.3, -0.25) is 14.4 Å². The Morgan fingerprint density at radius 1 is 1.04 bits per heavy atom. The van der Waals surface area contributed by atoms with Gasteiger partial charge in [0.1, 0.15) is 17.9 Å². The molecule has 1 aliphatic heterocycles. The summed E-state index contributed by atoms with van der Waals surface area (Å²) >= 11 is 0. The van der Waals surface area contributed by atoms with Crippen molar-refractivity contribution in [2.24, 2.45) is 0 Å². The molecule has 3 aromatic rings. The van der Waals surface area contributed by atoms with Gasteiger partial charge in [0.05, 0.1) is 0 Å². The summed E-state index contributed by atoms with van der Waals surface area (Å²) in [6.45, 7) is 0.531. The van der Waals surface area contributed by atoms with Crippen molar-refractivity contribution in [2.45, 2.75) is 0 Å². The number of hydrogen-bond donors (Lipinski definition) is 1. The van der Waals surface area contributed by atoms with Gasteiger partial charge in [0, 0.05) is 35.9 Å². The van der Waals surface area contributed by atoms with Crippen molar-refractivity contribution in [2.75, 3.05) is 24.5 Å². The van der Waals surface area contributed by atoms with Gasteiger partial charge >= 0.3 is 0 Å². The summed E-state index contributed by atoms with van der Waals surface area (Å²) < 4.78 is 13.5. The van der Waals surface area contributed by atoms with E-state index in [2.05, 4.69) is 4.98 Å². The van der Waals surface area contributed by atoms with Crippen LogP contribution in [-0.4, -0.2) is 41.3 Å². The average Bonchev–Trinajstić information content (AvgIpc) is 2.69. The van der Waals surface area contributed by atoms with Crippen molar-refractivity contribution >= 4 is 28.4 Å². The zero-order valence-corrected chi connectivity index (χ0v) is 14.3. The van der Waals surface area contributed by atoms with Crippen LogP contribution in [0.4, 0.5) is 10.1 Å². The first-order chi connectivity index (χ1) is 13.0. The number of nitrogens with zero attached hydrogens (tertiary/aromatic N) is 2. The second-order valence-electron chi connectivity index (χ2n) is 6.33. The lowest BCUT2D eigenvalue weighted by atomic mass is 10.1. The molecule has 27 heavy (non-hydrogen) atoms. The molecule has 2 aromatic carbocycles. The Kier molecular flexibility index (Phi) is 4.19. The molecule has 0 spiro atoms. The zero-order chi connectivity index (χ0) is 19.0. The fourth-order valence-electron chi connectivity index (χ4n) is 3.25. The van der Waals surface area contributed by atoms with E-state index in [1.807, 2.05) is 30.3 Å². The van der Waals surface area contributed by atoms with Crippen molar-refractivity contribution in [1.29, 1.82) is 0 Å². The van der Waals surface area contributed by atoms with Crippen LogP contribution in [0.25, 0.3) is 10.9 Å². The number of anilines is 1. The number of aromatic amines is 1. The number of piperazine rings is 1. The third-order valence-electron chi connectivity index (χ3n) is 4.65. The van der Waals surface area contributed by atoms with Gasteiger partial charge in [0.2, 0.25) is 11.3 Å². The van der Waals surface area contributed by atoms with Crippen molar-refractivity contribution in [3.05, 3.63) is 76.3 Å². The minimum absolute atomic E-state index is 0.103. The van der Waals surface area contributed by atoms with Gasteiger partial charge < -0.3 is 14.8 Å². The van der Waals surface area contributed by atoms with Gasteiger partial charge in [0.15, 0.2) is 0 Å². The SMILES string of the molecule is O=C(c1c[nH]c2ccc(F)cc2c1=O)N1CCN(c2ccccc2)C(=O)C1. The lowest BCUT2D eigenvalue weighted by molar-refractivity contribution is -0.120. The molecule has 0 saturated carbocycles. The molecule has 136 valence electrons. The van der Waals surface area contributed by atoms with E-state index in [1.54, 1.807) is 4.90 Å². The number of carbonyl (C=O) groups excluding carboxylic acids is 2. The Labute approximate surface area is 153 Å². The number of aromatic nitrogens is 1. The molecule has 6 nitrogen and oxygen atoms in total. The number of nitrogens with one attached hydrogen (secondary N) is 1. The maximum atomic E-state index is 13.5. The molecule has 2 amide bonds. The number of benzene rings is 2. The largest absolute Gasteiger partial charge is 0.360 e. The molecular formula is C20H16FN3O3. The van der Waals surface area contributed by atoms with Gasteiger partial charge in [0.25, 0.3) is 5.91 Å². The Morgan fingerprint density at radius 2 is 1.81 bits per heavy atom. The summed E-state index contributed by atoms with van der Waals surface area (Å²) in [5.74, 6) is -1.31. The van der Waals surface area contributed by atoms with Crippen LogP contribution in [0.15, 0.2) is 59.5 Å². The topological polar surface area (TPSA) is 73.5 Å². The highest BCUT2D eigenvalue weighted by atomic mass is 19.1. The van der Waals surface area contributed by atoms with E-state index in [0.717, 1.165) is 11.8 Å². The number of halogens is 1. The van der Waals surface area contributed by atoms with Gasteiger partial charge in [-0.2, -0.15) is 0 Å². The fourth-order valence-corrected chi connectivity index (χ4v) is 3.25. The Balaban J connectivity index is 1.59. The monoisotopic (exact) mass is 365 g/mol. The summed E-state index contributed by atoms with van der Waals surface area (Å²) in [6, 6.07) is 13.0. The number of pyridine rings is 1. The predicted molar refractivity (Wildman–Crippen MR) is 99.2 cm³/mol. The summed E-state index contributed by atoms with van der Waals surface area (Å²) in [4.78, 5) is 43.7. The number of carbonyl (C=O) groups is 2. The highest BCUT2D eigenvalue weighted by Crippen LogP contribution is 2.18. The van der Waals surface area contributed by atoms with Crippen LogP contribution in [0.2, 0.25) is 0 Å². The first-order valence-electron chi connectivity index (χ1n) is 8.50. The number of hydrogen-bond acceptors (Lipinski definition) is 3. The number of amides is 2. The molecular weight excluding hydrogens is 349 g/mol. The van der Waals surface area contributed by atoms with Crippen LogP contribution in [0.3, 0.4) is 0 Å². The molecule has 0 aliphatic carbocycles. The van der Waals surface area contributed by atoms with Crippen molar-refractivity contribution < 1.29 is 14.0 Å². The third-order valence-corrected chi connectivity index (χ3v) is 4.65. The maximum Gasteiger partial charge on any atom is 0.259 e. The maximum absolute atomic E-state index is 13.5. The van der Waals surface area contributed by atoms with Crippen LogP contribution in [0.5, 0.6) is 0 Å². The van der Waals surface area contributed by atoms with E-state index in [4.69, 9.17) is 0 Å². The first kappa shape index (κ1) is 17.0. The second kappa shape index (κ2) is 6.68. The van der Waals surface area contributed by atoms with Crippen molar-refractivity contribution in [3.8, 4) is 0 Å². The fraction of sp³-hybridized carbons (Fsp3) is 0.150. The molecule has 0 atom stereocenters. The minimum Gasteiger partial charge on any atom is -0.360 e. The quantitative estimate of drug-likeness (QED) is 0.756. The van der Waals surface area contributed by atoms with Crippen LogP contribution in [-0.2, 0) is 4.79 Å². The van der Waals surface area contributed by atoms with E-state index >= 15 is 0 Å². The molecule has 0 bridgehead atoms. The second-order valence-corrected chi connectivity index (χ2v) is 6.33. The summed E-state index contributed by atoms with van der Waals surface area (Å²) in [5.41, 5.74) is 0.566. The Bertz CT molecular complexity index is 1090. The van der Waals surface area contributed by atoms with E-state index in [0.29, 0.717) is 18.6 Å². The Morgan fingerprint density at radius 3 is 2.56 bits per heavy atom. The number of para-hydroxylation sites is 1. The number of fused-ring (bicyclic) bond motifs is 1. The highest BCUT2D eigenvalue weighted by molar-refractivity contribution is 6.02. The highest BCUT2D eigenvalue weighted by Gasteiger charge is 2.29. The zero-order valence-electron chi connectivity index (χ0n) is 14.3. The molecule has 0 radical (unpaired) electrons. The summed E-state index contributed by atoms with van der Waals surface area (Å²) in [7, 11) is 0. The summed E-state index contributed by atoms with van der Waals surface area (Å²) in [6.07, 6.45) is 1.32. The normalized spacial score (nSPS) is 14.6. The lowest BCUT2D eigenvalue weighted by Crippen LogP contribution is -2.53. The molecule has 1 fully saturated rings.